The van der Waals surface area contributed by atoms with E-state index in [0.29, 0.717) is 13.2 Å². The van der Waals surface area contributed by atoms with Crippen LogP contribution in [-0.2, 0) is 14.3 Å². The van der Waals surface area contributed by atoms with Gasteiger partial charge < -0.3 is 14.4 Å². The number of hydrogen-bond acceptors (Lipinski definition) is 4. The summed E-state index contributed by atoms with van der Waals surface area (Å²) in [7, 11) is 1.62. The van der Waals surface area contributed by atoms with E-state index in [1.807, 2.05) is 20.8 Å². The highest BCUT2D eigenvalue weighted by Gasteiger charge is 2.20. The Morgan fingerprint density at radius 2 is 1.52 bits per heavy atom. The fourth-order valence-electron chi connectivity index (χ4n) is 2.01. The predicted molar refractivity (Wildman–Crippen MR) is 92.4 cm³/mol. The lowest BCUT2D eigenvalue weighted by molar-refractivity contribution is -0.144. The Morgan fingerprint density at radius 3 is 2.09 bits per heavy atom. The molecule has 5 heteroatoms. The van der Waals surface area contributed by atoms with Crippen LogP contribution in [0.5, 0.6) is 0 Å². The van der Waals surface area contributed by atoms with E-state index >= 15 is 0 Å². The Morgan fingerprint density at radius 1 is 0.957 bits per heavy atom. The summed E-state index contributed by atoms with van der Waals surface area (Å²) in [4.78, 5) is 24.8. The summed E-state index contributed by atoms with van der Waals surface area (Å²) in [5.41, 5.74) is -0.525. The molecule has 1 amide bonds. The van der Waals surface area contributed by atoms with Crippen molar-refractivity contribution in [2.45, 2.75) is 84.7 Å². The monoisotopic (exact) mass is 329 g/mol. The van der Waals surface area contributed by atoms with Gasteiger partial charge in [0.1, 0.15) is 5.60 Å². The van der Waals surface area contributed by atoms with Crippen molar-refractivity contribution in [1.29, 1.82) is 0 Å². The van der Waals surface area contributed by atoms with Crippen LogP contribution in [-0.4, -0.2) is 42.8 Å². The number of ether oxygens (including phenoxy) is 2. The number of unbranched alkanes of at least 4 members (excludes halogenated alkanes) is 6. The van der Waals surface area contributed by atoms with E-state index in [1.165, 1.54) is 37.0 Å². The van der Waals surface area contributed by atoms with Crippen molar-refractivity contribution in [2.75, 3.05) is 20.2 Å². The number of hydrogen-bond donors (Lipinski definition) is 0. The molecule has 0 aromatic heterocycles. The van der Waals surface area contributed by atoms with E-state index < -0.39 is 11.7 Å². The number of amides is 1. The van der Waals surface area contributed by atoms with Gasteiger partial charge in [-0.05, 0) is 27.2 Å². The number of carbonyl (C=O) groups excluding carboxylic acids is 2. The largest absolute Gasteiger partial charge is 0.466 e. The van der Waals surface area contributed by atoms with Gasteiger partial charge in [-0.1, -0.05) is 45.4 Å². The first-order chi connectivity index (χ1) is 10.8. The standard InChI is InChI=1S/C18H35NO4/c1-6-7-8-9-10-11-12-15-22-16(20)13-14-19(5)17(21)23-18(2,3)4/h6-15H2,1-5H3. The fourth-order valence-corrected chi connectivity index (χ4v) is 2.01. The molecule has 0 rings (SSSR count). The van der Waals surface area contributed by atoms with Gasteiger partial charge in [-0.15, -0.1) is 0 Å². The van der Waals surface area contributed by atoms with Gasteiger partial charge in [0.05, 0.1) is 13.0 Å². The molecule has 0 aliphatic heterocycles. The molecule has 23 heavy (non-hydrogen) atoms. The summed E-state index contributed by atoms with van der Waals surface area (Å²) < 4.78 is 10.4. The van der Waals surface area contributed by atoms with Gasteiger partial charge in [0.25, 0.3) is 0 Å². The maximum atomic E-state index is 11.7. The van der Waals surface area contributed by atoms with Gasteiger partial charge in [-0.2, -0.15) is 0 Å². The molecule has 136 valence electrons. The second-order valence-corrected chi connectivity index (χ2v) is 6.99. The lowest BCUT2D eigenvalue weighted by atomic mass is 10.1. The summed E-state index contributed by atoms with van der Waals surface area (Å²) in [5.74, 6) is -0.258. The first-order valence-corrected chi connectivity index (χ1v) is 8.86. The molecule has 0 aromatic rings. The zero-order chi connectivity index (χ0) is 17.7. The highest BCUT2D eigenvalue weighted by atomic mass is 16.6. The average molecular weight is 329 g/mol. The van der Waals surface area contributed by atoms with Gasteiger partial charge in [0.2, 0.25) is 0 Å². The van der Waals surface area contributed by atoms with Gasteiger partial charge >= 0.3 is 12.1 Å². The minimum atomic E-state index is -0.525. The molecule has 0 N–H and O–H groups in total. The van der Waals surface area contributed by atoms with E-state index in [4.69, 9.17) is 9.47 Å². The fraction of sp³-hybridized carbons (Fsp3) is 0.889. The number of rotatable bonds is 11. The lowest BCUT2D eigenvalue weighted by Crippen LogP contribution is -2.35. The van der Waals surface area contributed by atoms with Crippen molar-refractivity contribution in [1.82, 2.24) is 4.90 Å². The molecular weight excluding hydrogens is 294 g/mol. The van der Waals surface area contributed by atoms with Gasteiger partial charge in [-0.25, -0.2) is 4.79 Å². The molecular formula is C18H35NO4. The summed E-state index contributed by atoms with van der Waals surface area (Å²) in [6.45, 7) is 8.44. The maximum absolute atomic E-state index is 11.7. The number of carbonyl (C=O) groups is 2. The van der Waals surface area contributed by atoms with Crippen LogP contribution in [0.4, 0.5) is 4.79 Å². The summed E-state index contributed by atoms with van der Waals surface area (Å²) in [5, 5.41) is 0. The smallest absolute Gasteiger partial charge is 0.410 e. The highest BCUT2D eigenvalue weighted by molar-refractivity contribution is 5.72. The van der Waals surface area contributed by atoms with Crippen molar-refractivity contribution >= 4 is 12.1 Å². The van der Waals surface area contributed by atoms with Crippen LogP contribution in [0.2, 0.25) is 0 Å². The first kappa shape index (κ1) is 21.7. The minimum Gasteiger partial charge on any atom is -0.466 e. The van der Waals surface area contributed by atoms with Crippen molar-refractivity contribution < 1.29 is 19.1 Å². The molecule has 0 saturated carbocycles. The Hall–Kier alpha value is -1.26. The molecule has 0 radical (unpaired) electrons. The normalized spacial score (nSPS) is 11.2. The molecule has 0 heterocycles. The molecule has 5 nitrogen and oxygen atoms in total. The second-order valence-electron chi connectivity index (χ2n) is 6.99. The van der Waals surface area contributed by atoms with E-state index in [0.717, 1.165) is 12.8 Å². The van der Waals surface area contributed by atoms with Gasteiger partial charge in [0.15, 0.2) is 0 Å². The van der Waals surface area contributed by atoms with E-state index in [1.54, 1.807) is 7.05 Å². The van der Waals surface area contributed by atoms with Crippen LogP contribution >= 0.6 is 0 Å². The number of nitrogens with zero attached hydrogens (tertiary/aromatic N) is 1. The van der Waals surface area contributed by atoms with Crippen molar-refractivity contribution in [3.63, 3.8) is 0 Å². The topological polar surface area (TPSA) is 55.8 Å². The van der Waals surface area contributed by atoms with Gasteiger partial charge in [-0.3, -0.25) is 4.79 Å². The summed E-state index contributed by atoms with van der Waals surface area (Å²) >= 11 is 0. The minimum absolute atomic E-state index is 0.201. The van der Waals surface area contributed by atoms with Crippen molar-refractivity contribution in [3.05, 3.63) is 0 Å². The predicted octanol–water partition coefficient (Wildman–Crippen LogP) is 4.54. The number of esters is 1. The first-order valence-electron chi connectivity index (χ1n) is 8.86. The van der Waals surface area contributed by atoms with Crippen LogP contribution in [0.1, 0.15) is 79.1 Å². The van der Waals surface area contributed by atoms with E-state index in [-0.39, 0.29) is 12.4 Å². The Labute approximate surface area is 141 Å². The van der Waals surface area contributed by atoms with Gasteiger partial charge in [0, 0.05) is 13.6 Å². The molecule has 0 aromatic carbocycles. The zero-order valence-electron chi connectivity index (χ0n) is 15.7. The quantitative estimate of drug-likeness (QED) is 0.412. The third-order valence-corrected chi connectivity index (χ3v) is 3.37. The summed E-state index contributed by atoms with van der Waals surface area (Å²) in [6.07, 6.45) is 8.14. The lowest BCUT2D eigenvalue weighted by Gasteiger charge is -2.24. The molecule has 0 bridgehead atoms. The van der Waals surface area contributed by atoms with E-state index in [2.05, 4.69) is 6.92 Å². The Balaban J connectivity index is 3.61. The third kappa shape index (κ3) is 14.1. The van der Waals surface area contributed by atoms with Crippen LogP contribution in [0, 0.1) is 0 Å². The molecule has 0 fully saturated rings. The Bertz CT molecular complexity index is 336. The van der Waals surface area contributed by atoms with Crippen molar-refractivity contribution in [2.24, 2.45) is 0 Å². The van der Waals surface area contributed by atoms with Crippen LogP contribution in [0.15, 0.2) is 0 Å². The molecule has 0 aliphatic rings. The Kier molecular flexibility index (Phi) is 11.5. The molecule has 0 unspecified atom stereocenters. The van der Waals surface area contributed by atoms with Crippen molar-refractivity contribution in [3.8, 4) is 0 Å². The van der Waals surface area contributed by atoms with Crippen LogP contribution < -0.4 is 0 Å². The summed E-state index contributed by atoms with van der Waals surface area (Å²) in [6, 6.07) is 0. The third-order valence-electron chi connectivity index (χ3n) is 3.37. The van der Waals surface area contributed by atoms with E-state index in [9.17, 15) is 9.59 Å². The molecule has 0 spiro atoms. The molecule has 0 saturated heterocycles. The second kappa shape index (κ2) is 12.2. The van der Waals surface area contributed by atoms with Crippen LogP contribution in [0.3, 0.4) is 0 Å². The average Bonchev–Trinajstić information content (AvgIpc) is 2.45. The van der Waals surface area contributed by atoms with Crippen LogP contribution in [0.25, 0.3) is 0 Å². The maximum Gasteiger partial charge on any atom is 0.410 e. The molecule has 0 aliphatic carbocycles. The SMILES string of the molecule is CCCCCCCCCOC(=O)CCN(C)C(=O)OC(C)(C)C. The molecule has 0 atom stereocenters. The zero-order valence-corrected chi connectivity index (χ0v) is 15.7. The highest BCUT2D eigenvalue weighted by Crippen LogP contribution is 2.09.